The summed E-state index contributed by atoms with van der Waals surface area (Å²) in [6.07, 6.45) is 0. The quantitative estimate of drug-likeness (QED) is 0.540. The Kier molecular flexibility index (Phi) is 4.93. The fraction of sp³-hybridized carbons (Fsp3) is 0.174. The number of aromatic hydroxyl groups is 1. The third-order valence-electron chi connectivity index (χ3n) is 5.54. The lowest BCUT2D eigenvalue weighted by atomic mass is 9.83. The number of halogens is 2. The Morgan fingerprint density at radius 3 is 1.80 bits per heavy atom. The van der Waals surface area contributed by atoms with Crippen molar-refractivity contribution < 1.29 is 15.0 Å². The first-order valence-electron chi connectivity index (χ1n) is 9.34. The van der Waals surface area contributed by atoms with E-state index in [9.17, 15) is 15.0 Å². The number of urea groups is 1. The molecular formula is C23H20Cl2N2O3. The van der Waals surface area contributed by atoms with Crippen LogP contribution in [0, 0.1) is 0 Å². The van der Waals surface area contributed by atoms with E-state index in [0.717, 1.165) is 0 Å². The second-order valence-electron chi connectivity index (χ2n) is 7.69. The van der Waals surface area contributed by atoms with Gasteiger partial charge in [-0.2, -0.15) is 0 Å². The number of amides is 2. The number of benzene rings is 3. The minimum atomic E-state index is -1.80. The molecule has 0 saturated carbocycles. The van der Waals surface area contributed by atoms with Gasteiger partial charge in [-0.25, -0.2) is 4.79 Å². The number of rotatable bonds is 3. The number of hydrogen-bond acceptors (Lipinski definition) is 3. The summed E-state index contributed by atoms with van der Waals surface area (Å²) >= 11 is 12.1. The fourth-order valence-corrected chi connectivity index (χ4v) is 4.27. The highest BCUT2D eigenvalue weighted by Crippen LogP contribution is 2.51. The number of hydrogen-bond donors (Lipinski definition) is 2. The number of carbonyl (C=O) groups excluding carboxylic acids is 1. The molecule has 0 aliphatic carbocycles. The van der Waals surface area contributed by atoms with Crippen molar-refractivity contribution in [2.45, 2.75) is 25.1 Å². The van der Waals surface area contributed by atoms with Crippen molar-refractivity contribution in [3.63, 3.8) is 0 Å². The summed E-state index contributed by atoms with van der Waals surface area (Å²) in [5.74, 6) is -0.00910. The molecule has 1 unspecified atom stereocenters. The molecule has 1 fully saturated rings. The van der Waals surface area contributed by atoms with Gasteiger partial charge in [-0.3, -0.25) is 9.80 Å². The maximum absolute atomic E-state index is 13.7. The summed E-state index contributed by atoms with van der Waals surface area (Å²) < 4.78 is 0. The summed E-state index contributed by atoms with van der Waals surface area (Å²) in [5.41, 5.74) is -1.47. The summed E-state index contributed by atoms with van der Waals surface area (Å²) in [4.78, 5) is 16.6. The van der Waals surface area contributed by atoms with Gasteiger partial charge in [0.1, 0.15) is 5.75 Å². The fourth-order valence-electron chi connectivity index (χ4n) is 4.02. The zero-order valence-electron chi connectivity index (χ0n) is 16.4. The average molecular weight is 443 g/mol. The molecule has 4 rings (SSSR count). The molecule has 2 amide bonds. The van der Waals surface area contributed by atoms with Gasteiger partial charge in [-0.15, -0.1) is 0 Å². The largest absolute Gasteiger partial charge is 0.508 e. The van der Waals surface area contributed by atoms with Crippen LogP contribution >= 0.6 is 23.2 Å². The lowest BCUT2D eigenvalue weighted by molar-refractivity contribution is -0.00263. The van der Waals surface area contributed by atoms with Crippen molar-refractivity contribution in [1.82, 2.24) is 0 Å². The van der Waals surface area contributed by atoms with Gasteiger partial charge in [0, 0.05) is 27.0 Å². The minimum Gasteiger partial charge on any atom is -0.508 e. The zero-order valence-corrected chi connectivity index (χ0v) is 17.9. The minimum absolute atomic E-state index is 0.00910. The summed E-state index contributed by atoms with van der Waals surface area (Å²) in [6.45, 7) is 3.55. The summed E-state index contributed by atoms with van der Waals surface area (Å²) in [6, 6.07) is 19.4. The number of carbonyl (C=O) groups is 1. The van der Waals surface area contributed by atoms with Crippen LogP contribution in [-0.2, 0) is 5.72 Å². The molecule has 0 aromatic heterocycles. The number of phenols is 1. The average Bonchev–Trinajstić information content (AvgIpc) is 2.86. The maximum atomic E-state index is 13.7. The molecule has 1 aliphatic rings. The number of anilines is 2. The topological polar surface area (TPSA) is 64.0 Å². The molecule has 0 radical (unpaired) electrons. The summed E-state index contributed by atoms with van der Waals surface area (Å²) in [5, 5.41) is 23.3. The van der Waals surface area contributed by atoms with Gasteiger partial charge in [0.05, 0.1) is 5.54 Å². The number of phenolic OH excluding ortho intramolecular Hbond substituents is 1. The number of nitrogens with zero attached hydrogens (tertiary/aromatic N) is 2. The van der Waals surface area contributed by atoms with Gasteiger partial charge < -0.3 is 10.2 Å². The monoisotopic (exact) mass is 442 g/mol. The lowest BCUT2D eigenvalue weighted by Crippen LogP contribution is -2.56. The third kappa shape index (κ3) is 3.01. The van der Waals surface area contributed by atoms with Gasteiger partial charge in [0.2, 0.25) is 0 Å². The molecule has 3 aromatic carbocycles. The smallest absolute Gasteiger partial charge is 0.332 e. The van der Waals surface area contributed by atoms with E-state index < -0.39 is 17.3 Å². The second kappa shape index (κ2) is 7.20. The van der Waals surface area contributed by atoms with Crippen molar-refractivity contribution in [2.24, 2.45) is 0 Å². The Hall–Kier alpha value is -2.73. The Morgan fingerprint density at radius 1 is 0.800 bits per heavy atom. The predicted molar refractivity (Wildman–Crippen MR) is 119 cm³/mol. The molecule has 1 saturated heterocycles. The van der Waals surface area contributed by atoms with E-state index in [0.29, 0.717) is 27.0 Å². The van der Waals surface area contributed by atoms with Crippen LogP contribution in [0.5, 0.6) is 5.75 Å². The van der Waals surface area contributed by atoms with Gasteiger partial charge in [0.15, 0.2) is 5.72 Å². The van der Waals surface area contributed by atoms with E-state index in [1.54, 1.807) is 74.5 Å². The predicted octanol–water partition coefficient (Wildman–Crippen LogP) is 5.77. The van der Waals surface area contributed by atoms with Crippen LogP contribution in [0.3, 0.4) is 0 Å². The van der Waals surface area contributed by atoms with Gasteiger partial charge in [0.25, 0.3) is 0 Å². The normalized spacial score (nSPS) is 20.6. The number of aliphatic hydroxyl groups is 1. The maximum Gasteiger partial charge on any atom is 0.332 e. The molecule has 5 nitrogen and oxygen atoms in total. The first-order chi connectivity index (χ1) is 14.2. The van der Waals surface area contributed by atoms with Gasteiger partial charge >= 0.3 is 6.03 Å². The molecule has 3 aromatic rings. The molecule has 7 heteroatoms. The van der Waals surface area contributed by atoms with Crippen LogP contribution in [0.1, 0.15) is 19.4 Å². The van der Waals surface area contributed by atoms with E-state index in [1.807, 2.05) is 0 Å². The highest BCUT2D eigenvalue weighted by Gasteiger charge is 2.64. The van der Waals surface area contributed by atoms with Crippen LogP contribution < -0.4 is 9.80 Å². The van der Waals surface area contributed by atoms with Crippen LogP contribution in [0.25, 0.3) is 0 Å². The Balaban J connectivity index is 1.97. The van der Waals surface area contributed by atoms with Crippen molar-refractivity contribution >= 4 is 40.6 Å². The zero-order chi connectivity index (χ0) is 21.7. The molecule has 0 bridgehead atoms. The highest BCUT2D eigenvalue weighted by molar-refractivity contribution is 6.31. The Labute approximate surface area is 184 Å². The van der Waals surface area contributed by atoms with E-state index in [2.05, 4.69) is 0 Å². The molecule has 30 heavy (non-hydrogen) atoms. The first kappa shape index (κ1) is 20.5. The lowest BCUT2D eigenvalue weighted by Gasteiger charge is -2.42. The van der Waals surface area contributed by atoms with Crippen molar-refractivity contribution in [3.8, 4) is 5.75 Å². The van der Waals surface area contributed by atoms with Crippen LogP contribution in [0.4, 0.5) is 16.2 Å². The van der Waals surface area contributed by atoms with E-state index in [1.165, 1.54) is 21.9 Å². The standard InChI is InChI=1S/C23H20Cl2N2O3/c1-22(2)23(30,15-4-3-5-20(28)14-15)27(19-12-8-17(25)9-13-19)21(29)26(22)18-10-6-16(24)7-11-18/h3-14,28,30H,1-2H3. The molecule has 1 atom stereocenters. The van der Waals surface area contributed by atoms with Crippen molar-refractivity contribution in [1.29, 1.82) is 0 Å². The first-order valence-corrected chi connectivity index (χ1v) is 10.1. The van der Waals surface area contributed by atoms with Crippen molar-refractivity contribution in [2.75, 3.05) is 9.80 Å². The summed E-state index contributed by atoms with van der Waals surface area (Å²) in [7, 11) is 0. The van der Waals surface area contributed by atoms with Crippen LogP contribution in [0.2, 0.25) is 10.0 Å². The molecular weight excluding hydrogens is 423 g/mol. The molecule has 1 aliphatic heterocycles. The van der Waals surface area contributed by atoms with Gasteiger partial charge in [-0.1, -0.05) is 35.3 Å². The molecule has 0 spiro atoms. The molecule has 154 valence electrons. The second-order valence-corrected chi connectivity index (χ2v) is 8.56. The SMILES string of the molecule is CC1(C)N(c2ccc(Cl)cc2)C(=O)N(c2ccc(Cl)cc2)C1(O)c1cccc(O)c1. The Bertz CT molecular complexity index is 1100. The van der Waals surface area contributed by atoms with Crippen LogP contribution in [0.15, 0.2) is 72.8 Å². The Morgan fingerprint density at radius 2 is 1.30 bits per heavy atom. The highest BCUT2D eigenvalue weighted by atomic mass is 35.5. The van der Waals surface area contributed by atoms with Crippen molar-refractivity contribution in [3.05, 3.63) is 88.4 Å². The third-order valence-corrected chi connectivity index (χ3v) is 6.04. The van der Waals surface area contributed by atoms with Crippen LogP contribution in [-0.4, -0.2) is 21.8 Å². The molecule has 1 heterocycles. The van der Waals surface area contributed by atoms with E-state index in [-0.39, 0.29) is 5.75 Å². The van der Waals surface area contributed by atoms with Gasteiger partial charge in [-0.05, 0) is 74.5 Å². The van der Waals surface area contributed by atoms with E-state index in [4.69, 9.17) is 23.2 Å². The molecule has 2 N–H and O–H groups in total. The van der Waals surface area contributed by atoms with E-state index >= 15 is 0 Å².